The average Bonchev–Trinajstić information content (AvgIpc) is 2.92. The number of hydrogen-bond acceptors (Lipinski definition) is 3. The van der Waals surface area contributed by atoms with E-state index >= 15 is 0 Å². The third kappa shape index (κ3) is 2.26. The van der Waals surface area contributed by atoms with Crippen LogP contribution in [0.25, 0.3) is 0 Å². The number of nitrogens with zero attached hydrogens (tertiary/aromatic N) is 1. The highest BCUT2D eigenvalue weighted by Crippen LogP contribution is 2.22. The van der Waals surface area contributed by atoms with Crippen LogP contribution < -0.4 is 5.32 Å². The van der Waals surface area contributed by atoms with Crippen LogP contribution in [0.2, 0.25) is 0 Å². The van der Waals surface area contributed by atoms with Crippen LogP contribution in [-0.4, -0.2) is 11.0 Å². The SMILES string of the molecule is Cc1ncsc1CNC1Cc2ccccc2C1. The van der Waals surface area contributed by atoms with E-state index in [0.717, 1.165) is 25.1 Å². The number of hydrogen-bond donors (Lipinski definition) is 1. The lowest BCUT2D eigenvalue weighted by atomic mass is 10.1. The Morgan fingerprint density at radius 2 is 2.00 bits per heavy atom. The van der Waals surface area contributed by atoms with Gasteiger partial charge in [0.05, 0.1) is 11.2 Å². The predicted molar refractivity (Wildman–Crippen MR) is 71.3 cm³/mol. The Balaban J connectivity index is 1.61. The van der Waals surface area contributed by atoms with Crippen molar-refractivity contribution in [3.8, 4) is 0 Å². The van der Waals surface area contributed by atoms with Crippen LogP contribution in [0.3, 0.4) is 0 Å². The molecule has 0 aliphatic heterocycles. The Labute approximate surface area is 106 Å². The van der Waals surface area contributed by atoms with Crippen LogP contribution in [0.1, 0.15) is 21.7 Å². The summed E-state index contributed by atoms with van der Waals surface area (Å²) in [5, 5.41) is 3.64. The number of aryl methyl sites for hydroxylation is 1. The van der Waals surface area contributed by atoms with Crippen molar-refractivity contribution >= 4 is 11.3 Å². The standard InChI is InChI=1S/C14H16N2S/c1-10-14(17-9-16-10)8-15-13-6-11-4-2-3-5-12(11)7-13/h2-5,9,13,15H,6-8H2,1H3. The Bertz CT molecular complexity index is 493. The van der Waals surface area contributed by atoms with Gasteiger partial charge in [0.2, 0.25) is 0 Å². The summed E-state index contributed by atoms with van der Waals surface area (Å²) in [7, 11) is 0. The first-order valence-electron chi connectivity index (χ1n) is 6.02. The number of benzene rings is 1. The Kier molecular flexibility index (Phi) is 2.95. The first-order valence-corrected chi connectivity index (χ1v) is 6.90. The summed E-state index contributed by atoms with van der Waals surface area (Å²) in [6, 6.07) is 9.35. The fourth-order valence-electron chi connectivity index (χ4n) is 2.44. The minimum atomic E-state index is 0.592. The second-order valence-corrected chi connectivity index (χ2v) is 5.56. The molecule has 0 bridgehead atoms. The lowest BCUT2D eigenvalue weighted by Gasteiger charge is -2.10. The molecule has 1 aliphatic rings. The largest absolute Gasteiger partial charge is 0.308 e. The highest BCUT2D eigenvalue weighted by atomic mass is 32.1. The molecular formula is C14H16N2S. The van der Waals surface area contributed by atoms with Crippen molar-refractivity contribution in [1.29, 1.82) is 0 Å². The van der Waals surface area contributed by atoms with Crippen molar-refractivity contribution in [2.75, 3.05) is 0 Å². The highest BCUT2D eigenvalue weighted by molar-refractivity contribution is 7.09. The van der Waals surface area contributed by atoms with Gasteiger partial charge >= 0.3 is 0 Å². The molecule has 88 valence electrons. The summed E-state index contributed by atoms with van der Waals surface area (Å²) in [6.45, 7) is 3.03. The minimum absolute atomic E-state index is 0.592. The normalized spacial score (nSPS) is 15.1. The van der Waals surface area contributed by atoms with Crippen molar-refractivity contribution < 1.29 is 0 Å². The monoisotopic (exact) mass is 244 g/mol. The molecule has 0 saturated heterocycles. The molecule has 3 rings (SSSR count). The Morgan fingerprint density at radius 1 is 1.29 bits per heavy atom. The lowest BCUT2D eigenvalue weighted by Crippen LogP contribution is -2.28. The molecule has 0 fully saturated rings. The number of rotatable bonds is 3. The molecule has 17 heavy (non-hydrogen) atoms. The smallest absolute Gasteiger partial charge is 0.0798 e. The van der Waals surface area contributed by atoms with E-state index in [9.17, 15) is 0 Å². The fraction of sp³-hybridized carbons (Fsp3) is 0.357. The summed E-state index contributed by atoms with van der Waals surface area (Å²) in [5.41, 5.74) is 6.10. The van der Waals surface area contributed by atoms with Gasteiger partial charge in [-0.05, 0) is 30.9 Å². The number of aromatic nitrogens is 1. The molecule has 0 atom stereocenters. The lowest BCUT2D eigenvalue weighted by molar-refractivity contribution is 0.535. The van der Waals surface area contributed by atoms with Crippen LogP contribution in [0.15, 0.2) is 29.8 Å². The summed E-state index contributed by atoms with van der Waals surface area (Å²) in [6.07, 6.45) is 2.32. The minimum Gasteiger partial charge on any atom is -0.308 e. The van der Waals surface area contributed by atoms with E-state index in [1.807, 2.05) is 5.51 Å². The predicted octanol–water partition coefficient (Wildman–Crippen LogP) is 2.71. The van der Waals surface area contributed by atoms with E-state index < -0.39 is 0 Å². The third-order valence-corrected chi connectivity index (χ3v) is 4.38. The maximum atomic E-state index is 4.28. The third-order valence-electron chi connectivity index (χ3n) is 3.45. The van der Waals surface area contributed by atoms with Crippen LogP contribution in [0.4, 0.5) is 0 Å². The maximum Gasteiger partial charge on any atom is 0.0798 e. The number of nitrogens with one attached hydrogen (secondary N) is 1. The zero-order valence-corrected chi connectivity index (χ0v) is 10.8. The van der Waals surface area contributed by atoms with Crippen LogP contribution in [0, 0.1) is 6.92 Å². The first kappa shape index (κ1) is 10.9. The van der Waals surface area contributed by atoms with Crippen LogP contribution in [0.5, 0.6) is 0 Å². The fourth-order valence-corrected chi connectivity index (χ4v) is 3.16. The van der Waals surface area contributed by atoms with Gasteiger partial charge < -0.3 is 5.32 Å². The van der Waals surface area contributed by atoms with Crippen molar-refractivity contribution in [1.82, 2.24) is 10.3 Å². The van der Waals surface area contributed by atoms with E-state index in [1.165, 1.54) is 16.0 Å². The van der Waals surface area contributed by atoms with Gasteiger partial charge in [-0.2, -0.15) is 0 Å². The van der Waals surface area contributed by atoms with Gasteiger partial charge in [-0.15, -0.1) is 11.3 Å². The first-order chi connectivity index (χ1) is 8.33. The highest BCUT2D eigenvalue weighted by Gasteiger charge is 2.20. The maximum absolute atomic E-state index is 4.28. The van der Waals surface area contributed by atoms with E-state index in [-0.39, 0.29) is 0 Å². The molecule has 1 aliphatic carbocycles. The van der Waals surface area contributed by atoms with Gasteiger partial charge in [0.1, 0.15) is 0 Å². The van der Waals surface area contributed by atoms with Crippen molar-refractivity contribution in [3.63, 3.8) is 0 Å². The Hall–Kier alpha value is -1.19. The van der Waals surface area contributed by atoms with Crippen LogP contribution in [-0.2, 0) is 19.4 Å². The zero-order chi connectivity index (χ0) is 11.7. The van der Waals surface area contributed by atoms with Gasteiger partial charge in [-0.25, -0.2) is 4.98 Å². The molecule has 0 amide bonds. The van der Waals surface area contributed by atoms with E-state index in [2.05, 4.69) is 41.5 Å². The second kappa shape index (κ2) is 4.59. The molecule has 1 aromatic carbocycles. The van der Waals surface area contributed by atoms with Gasteiger partial charge in [0.25, 0.3) is 0 Å². The summed E-state index contributed by atoms with van der Waals surface area (Å²) < 4.78 is 0. The van der Waals surface area contributed by atoms with Gasteiger partial charge in [0, 0.05) is 17.5 Å². The molecule has 1 N–H and O–H groups in total. The molecule has 2 nitrogen and oxygen atoms in total. The molecule has 1 heterocycles. The summed E-state index contributed by atoms with van der Waals surface area (Å²) in [4.78, 5) is 5.64. The number of fused-ring (bicyclic) bond motifs is 1. The molecule has 2 aromatic rings. The number of thiazole rings is 1. The van der Waals surface area contributed by atoms with Gasteiger partial charge in [-0.3, -0.25) is 0 Å². The van der Waals surface area contributed by atoms with E-state index in [4.69, 9.17) is 0 Å². The van der Waals surface area contributed by atoms with Gasteiger partial charge in [0.15, 0.2) is 0 Å². The van der Waals surface area contributed by atoms with Crippen LogP contribution >= 0.6 is 11.3 Å². The zero-order valence-electron chi connectivity index (χ0n) is 9.94. The Morgan fingerprint density at radius 3 is 2.59 bits per heavy atom. The average molecular weight is 244 g/mol. The molecule has 0 unspecified atom stereocenters. The van der Waals surface area contributed by atoms with Crippen molar-refractivity contribution in [2.45, 2.75) is 32.4 Å². The van der Waals surface area contributed by atoms with Gasteiger partial charge in [-0.1, -0.05) is 24.3 Å². The van der Waals surface area contributed by atoms with Crippen molar-refractivity contribution in [3.05, 3.63) is 51.5 Å². The van der Waals surface area contributed by atoms with E-state index in [0.29, 0.717) is 6.04 Å². The molecule has 0 saturated carbocycles. The summed E-state index contributed by atoms with van der Waals surface area (Å²) >= 11 is 1.74. The quantitative estimate of drug-likeness (QED) is 0.898. The topological polar surface area (TPSA) is 24.9 Å². The molecular weight excluding hydrogens is 228 g/mol. The molecule has 1 aromatic heterocycles. The van der Waals surface area contributed by atoms with E-state index in [1.54, 1.807) is 11.3 Å². The molecule has 3 heteroatoms. The summed E-state index contributed by atoms with van der Waals surface area (Å²) in [5.74, 6) is 0. The van der Waals surface area contributed by atoms with Crippen molar-refractivity contribution in [2.24, 2.45) is 0 Å². The second-order valence-electron chi connectivity index (χ2n) is 4.62. The molecule has 0 spiro atoms. The molecule has 0 radical (unpaired) electrons.